The number of allylic oxidation sites excluding steroid dienone is 32. The van der Waals surface area contributed by atoms with Crippen LogP contribution in [0.2, 0.25) is 0 Å². The predicted octanol–water partition coefficient (Wildman–Crippen LogP) is 28.5. The van der Waals surface area contributed by atoms with Crippen LogP contribution in [0.3, 0.4) is 0 Å². The molecule has 0 bridgehead atoms. The normalized spacial score (nSPS) is 20.3. The van der Waals surface area contributed by atoms with E-state index in [1.165, 1.54) is 71.1 Å². The molecule has 4 heterocycles. The van der Waals surface area contributed by atoms with Crippen LogP contribution in [0, 0.1) is 107 Å². The third-order valence-electron chi connectivity index (χ3n) is 21.5. The first-order chi connectivity index (χ1) is 48.9. The number of aliphatic hydroxyl groups excluding tert-OH is 1. The van der Waals surface area contributed by atoms with E-state index in [0.717, 1.165) is 97.4 Å². The number of nitro benzene ring substituents is 1. The van der Waals surface area contributed by atoms with Gasteiger partial charge in [-0.3, -0.25) is 30.1 Å². The van der Waals surface area contributed by atoms with Gasteiger partial charge in [0.15, 0.2) is 5.69 Å². The maximum Gasteiger partial charge on any atom is 2.00 e. The summed E-state index contributed by atoms with van der Waals surface area (Å²) in [5.41, 5.74) is 16.7. The average Bonchev–Trinajstić information content (AvgIpc) is 1.61. The van der Waals surface area contributed by atoms with Gasteiger partial charge in [-0.1, -0.05) is 276 Å². The Labute approximate surface area is 728 Å². The first kappa shape index (κ1) is 112. The fraction of sp³-hybridized carbons (Fsp3) is 0.310. The van der Waals surface area contributed by atoms with Gasteiger partial charge in [-0.05, 0) is 176 Å². The van der Waals surface area contributed by atoms with Gasteiger partial charge in [-0.15, -0.1) is 0 Å². The van der Waals surface area contributed by atoms with Crippen molar-refractivity contribution in [1.82, 2.24) is 0 Å². The maximum atomic E-state index is 11.0. The zero-order valence-corrected chi connectivity index (χ0v) is 74.9. The Kier molecular flexibility index (Phi) is 54.3. The zero-order chi connectivity index (χ0) is 71.7. The second kappa shape index (κ2) is 55.0. The summed E-state index contributed by atoms with van der Waals surface area (Å²) in [5.74, 6) is 2.12. The second-order valence-electron chi connectivity index (χ2n) is 28.4. The molecule has 0 aromatic heterocycles. The molecule has 8 aliphatic carbocycles. The van der Waals surface area contributed by atoms with E-state index in [2.05, 4.69) is 289 Å². The van der Waals surface area contributed by atoms with E-state index in [1.807, 2.05) is 37.3 Å². The molecule has 16 rings (SSSR count). The van der Waals surface area contributed by atoms with Crippen molar-refractivity contribution in [2.24, 2.45) is 43.6 Å². The molecule has 113 heavy (non-hydrogen) atoms. The van der Waals surface area contributed by atoms with Crippen LogP contribution in [-0.4, -0.2) is 32.9 Å². The first-order valence-corrected chi connectivity index (χ1v) is 36.5. The molecule has 4 aromatic carbocycles. The van der Waals surface area contributed by atoms with Crippen LogP contribution in [0.25, 0.3) is 4.85 Å². The van der Waals surface area contributed by atoms with Gasteiger partial charge in [-0.25, -0.2) is 4.85 Å². The molecule has 0 saturated heterocycles. The molecule has 0 amide bonds. The number of rotatable bonds is 15. The van der Waals surface area contributed by atoms with E-state index < -0.39 is 0 Å². The minimum Gasteiger partial charge on any atom is -0.392 e. The van der Waals surface area contributed by atoms with Crippen LogP contribution in [0.1, 0.15) is 172 Å². The van der Waals surface area contributed by atoms with Crippen molar-refractivity contribution in [1.29, 1.82) is 0 Å². The van der Waals surface area contributed by atoms with Crippen molar-refractivity contribution in [2.45, 2.75) is 174 Å². The number of aliphatic imine (C=N–C) groups is 4. The van der Waals surface area contributed by atoms with E-state index in [4.69, 9.17) is 16.6 Å². The van der Waals surface area contributed by atoms with Gasteiger partial charge in [0, 0.05) is 62.6 Å². The van der Waals surface area contributed by atoms with Crippen LogP contribution in [0.15, 0.2) is 287 Å². The summed E-state index contributed by atoms with van der Waals surface area (Å²) in [7, 11) is 0. The molecule has 608 valence electrons. The summed E-state index contributed by atoms with van der Waals surface area (Å²) < 4.78 is 0. The molecule has 0 spiro atoms. The summed E-state index contributed by atoms with van der Waals surface area (Å²) in [4.78, 5) is 33.0. The van der Waals surface area contributed by atoms with Crippen molar-refractivity contribution >= 4 is 57.0 Å². The predicted molar refractivity (Wildman–Crippen MR) is 481 cm³/mol. The van der Waals surface area contributed by atoms with Crippen molar-refractivity contribution in [3.63, 3.8) is 0 Å². The van der Waals surface area contributed by atoms with Crippen LogP contribution < -0.4 is 0 Å². The fourth-order valence-electron chi connectivity index (χ4n) is 14.5. The van der Waals surface area contributed by atoms with Crippen molar-refractivity contribution in [3.8, 4) is 0 Å². The van der Waals surface area contributed by atoms with Crippen LogP contribution in [0.5, 0.6) is 0 Å². The minimum absolute atomic E-state index is 0. The number of non-ortho nitro benzene ring substituents is 1. The van der Waals surface area contributed by atoms with Crippen LogP contribution in [0.4, 0.5) is 34.1 Å². The molecule has 4 unspecified atom stereocenters. The summed E-state index contributed by atoms with van der Waals surface area (Å²) >= 11 is 0. The van der Waals surface area contributed by atoms with Crippen molar-refractivity contribution < 1.29 is 78.3 Å². The molecule has 9 nitrogen and oxygen atoms in total. The molecular weight excluding hydrogens is 1560 g/mol. The molecule has 4 aliphatic heterocycles. The Balaban J connectivity index is -0.000000625. The number of nitrogens with zero attached hydrogens (tertiary/aromatic N) is 6. The molecule has 0 fully saturated rings. The summed E-state index contributed by atoms with van der Waals surface area (Å²) in [6.45, 7) is 26.9. The SMILES string of the molecule is C1=CCC=C1.C1=CCC=C1.C1=CCC=C1.C1=CCC=C1.CC1=Nc2ccc(C)cc2C1(C)CCC1C=CC=C1.CC1=Nc2ccc(CO)cc2C1(C)CCCCC1C=CC=C1.CC1=Nc2ccc([N+](=O)[O-])cc2C1(C)CCCC1C=CC=C1.[C-]#[N+]c1ccc2c(c1)C(C)(C1C=CC=C1)C(C)=N2.[CH3-].[CH3-].[CH3-].[CH3-].[CH3-].[CH3-].[CH3-].[CH3-].[Fe+2].[Fe+2].[Fe+2].[Fe+2]. The van der Waals surface area contributed by atoms with Crippen molar-refractivity contribution in [3.05, 3.63) is 382 Å². The Morgan fingerprint density at radius 1 is 0.407 bits per heavy atom. The van der Waals surface area contributed by atoms with Gasteiger partial charge in [0.05, 0.1) is 40.9 Å². The Morgan fingerprint density at radius 2 is 0.752 bits per heavy atom. The van der Waals surface area contributed by atoms with E-state index in [9.17, 15) is 15.2 Å². The van der Waals surface area contributed by atoms with Crippen molar-refractivity contribution in [2.75, 3.05) is 0 Å². The number of unbranched alkanes of at least 4 members (excludes halogenated alkanes) is 1. The number of benzene rings is 4. The molecule has 12 aliphatic rings. The number of fused-ring (bicyclic) bond motifs is 4. The largest absolute Gasteiger partial charge is 2.00 e. The standard InChI is InChI=1S/C20H25NO.C18H20N2O2.C18H21N.C16H14N2.4C5H6.8CH3.4Fe/c1-15-20(2,12-6-5-9-16-7-3-4-8-16)18-13-17(14-22)10-11-19(18)21-15;1-13-18(2,11-5-8-14-6-3-4-7-14)16-12-15(20(21)22)9-10-17(16)19-13;1-13-8-9-17-16(12-13)18(3,14(2)19-17)11-10-15-6-4-5-7-15;1-11-16(2,12-6-4-5-7-12)14-10-13(17-3)8-9-15(14)18-11;4*1-2-4-5-3-1;;;;;;;;;;;;/h3-4,7-8,10-11,13,16,22H,5-6,9,12,14H2,1-2H3;3-4,6-7,9-10,12,14H,5,8,11H2,1-2H3;4-9,12,15H,10-11H2,1-3H3;4-10,12H,1-2H3;4*1-4H,5H2;8*1H3;;;;/q;;;;;;;;8*-1;4*+2. The van der Waals surface area contributed by atoms with E-state index in [0.29, 0.717) is 29.4 Å². The molecule has 0 saturated carbocycles. The fourth-order valence-corrected chi connectivity index (χ4v) is 14.5. The van der Waals surface area contributed by atoms with Gasteiger partial charge in [0.2, 0.25) is 0 Å². The van der Waals surface area contributed by atoms with E-state index >= 15 is 0 Å². The average molecular weight is 1690 g/mol. The molecule has 1 N–H and O–H groups in total. The van der Waals surface area contributed by atoms with Gasteiger partial charge in [0.1, 0.15) is 0 Å². The quantitative estimate of drug-likeness (QED) is 0.0420. The number of aryl methyl sites for hydroxylation is 1. The summed E-state index contributed by atoms with van der Waals surface area (Å²) in [6.07, 6.45) is 83.3. The molecular formula is C100H128Fe4N6O3. The number of hydrogen-bond acceptors (Lipinski definition) is 7. The Morgan fingerprint density at radius 3 is 1.16 bits per heavy atom. The minimum atomic E-state index is -0.331. The third kappa shape index (κ3) is 29.8. The topological polar surface area (TPSA) is 117 Å². The molecule has 4 aromatic rings. The zero-order valence-electron chi connectivity index (χ0n) is 70.5. The first-order valence-electron chi connectivity index (χ1n) is 36.5. The van der Waals surface area contributed by atoms with E-state index in [-0.39, 0.29) is 167 Å². The van der Waals surface area contributed by atoms with Crippen LogP contribution in [-0.2, 0) is 96.5 Å². The maximum absolute atomic E-state index is 11.0. The Hall–Kier alpha value is -7.67. The summed E-state index contributed by atoms with van der Waals surface area (Å²) in [6, 6.07) is 23.6. The van der Waals surface area contributed by atoms with Gasteiger partial charge < -0.3 is 64.5 Å². The van der Waals surface area contributed by atoms with Crippen LogP contribution >= 0.6 is 0 Å². The number of hydrogen-bond donors (Lipinski definition) is 1. The van der Waals surface area contributed by atoms with Gasteiger partial charge in [0.25, 0.3) is 5.69 Å². The second-order valence-corrected chi connectivity index (χ2v) is 28.4. The molecule has 4 atom stereocenters. The Bertz CT molecular complexity index is 4150. The van der Waals surface area contributed by atoms with E-state index in [1.54, 1.807) is 12.1 Å². The monoisotopic (exact) mass is 1680 g/mol. The van der Waals surface area contributed by atoms with Gasteiger partial charge >= 0.3 is 68.3 Å². The third-order valence-corrected chi connectivity index (χ3v) is 21.5. The smallest absolute Gasteiger partial charge is 0.392 e. The molecule has 13 heteroatoms. The number of nitro groups is 1. The number of aliphatic hydroxyl groups is 1. The molecule has 0 radical (unpaired) electrons. The summed E-state index contributed by atoms with van der Waals surface area (Å²) in [5, 5.41) is 20.4. The van der Waals surface area contributed by atoms with Gasteiger partial charge in [-0.2, -0.15) is 0 Å².